The van der Waals surface area contributed by atoms with E-state index in [9.17, 15) is 15.0 Å². The second-order valence-electron chi connectivity index (χ2n) is 9.50. The molecule has 0 aromatic carbocycles. The molecular formula is C19H37NO5Si. The molecule has 152 valence electrons. The number of rotatable bonds is 5. The number of aliphatic hydroxyl groups is 2. The number of carbonyl (C=O) groups excluding carboxylic acids is 1. The van der Waals surface area contributed by atoms with E-state index < -0.39 is 32.2 Å². The van der Waals surface area contributed by atoms with E-state index >= 15 is 0 Å². The van der Waals surface area contributed by atoms with Gasteiger partial charge >= 0.3 is 6.09 Å². The molecule has 1 amide bonds. The van der Waals surface area contributed by atoms with Crippen LogP contribution in [0.2, 0.25) is 18.1 Å². The zero-order valence-electron chi connectivity index (χ0n) is 17.6. The molecule has 1 heterocycles. The van der Waals surface area contributed by atoms with Crippen molar-refractivity contribution in [1.82, 2.24) is 4.90 Å². The summed E-state index contributed by atoms with van der Waals surface area (Å²) in [5.41, 5.74) is 0.185. The second kappa shape index (κ2) is 8.42. The number of nitrogens with zero attached hydrogens (tertiary/aromatic N) is 1. The second-order valence-corrected chi connectivity index (χ2v) is 14.3. The Morgan fingerprint density at radius 2 is 1.85 bits per heavy atom. The lowest BCUT2D eigenvalue weighted by molar-refractivity contribution is 0.000790. The SMILES string of the molecule is CC(C)(C)OC(=O)N1C[C@@H](O)C=C(CCO[Si](C)(C)C(C)(C)C)[C@H]1CO. The largest absolute Gasteiger partial charge is 0.444 e. The van der Waals surface area contributed by atoms with Gasteiger partial charge in [-0.1, -0.05) is 26.8 Å². The van der Waals surface area contributed by atoms with E-state index in [0.717, 1.165) is 5.57 Å². The quantitative estimate of drug-likeness (QED) is 0.559. The van der Waals surface area contributed by atoms with E-state index in [1.807, 2.05) is 0 Å². The molecule has 26 heavy (non-hydrogen) atoms. The van der Waals surface area contributed by atoms with Crippen molar-refractivity contribution in [3.05, 3.63) is 11.6 Å². The first-order valence-electron chi connectivity index (χ1n) is 9.31. The van der Waals surface area contributed by atoms with Crippen molar-refractivity contribution in [2.45, 2.75) is 83.8 Å². The monoisotopic (exact) mass is 387 g/mol. The molecule has 0 aromatic heterocycles. The van der Waals surface area contributed by atoms with Gasteiger partial charge in [0.2, 0.25) is 0 Å². The Labute approximate surface area is 159 Å². The molecule has 0 spiro atoms. The minimum absolute atomic E-state index is 0.117. The van der Waals surface area contributed by atoms with Gasteiger partial charge in [0.15, 0.2) is 8.32 Å². The molecule has 0 saturated carbocycles. The highest BCUT2D eigenvalue weighted by Gasteiger charge is 2.38. The normalized spacial score (nSPS) is 22.2. The summed E-state index contributed by atoms with van der Waals surface area (Å²) in [6, 6.07) is -0.490. The van der Waals surface area contributed by atoms with E-state index in [4.69, 9.17) is 9.16 Å². The lowest BCUT2D eigenvalue weighted by Crippen LogP contribution is -2.52. The first kappa shape index (κ1) is 23.1. The fraction of sp³-hybridized carbons (Fsp3) is 0.842. The van der Waals surface area contributed by atoms with Gasteiger partial charge in [0.05, 0.1) is 25.3 Å². The van der Waals surface area contributed by atoms with Crippen molar-refractivity contribution in [2.24, 2.45) is 0 Å². The Bertz CT molecular complexity index is 519. The van der Waals surface area contributed by atoms with E-state index in [1.54, 1.807) is 26.8 Å². The van der Waals surface area contributed by atoms with Crippen LogP contribution >= 0.6 is 0 Å². The van der Waals surface area contributed by atoms with Crippen molar-refractivity contribution >= 4 is 14.4 Å². The van der Waals surface area contributed by atoms with Gasteiger partial charge in [0.25, 0.3) is 0 Å². The van der Waals surface area contributed by atoms with Gasteiger partial charge in [-0.05, 0) is 50.9 Å². The summed E-state index contributed by atoms with van der Waals surface area (Å²) in [5, 5.41) is 20.1. The zero-order valence-corrected chi connectivity index (χ0v) is 18.6. The molecule has 1 aliphatic rings. The predicted octanol–water partition coefficient (Wildman–Crippen LogP) is 3.30. The molecule has 1 aliphatic heterocycles. The van der Waals surface area contributed by atoms with Crippen molar-refractivity contribution in [1.29, 1.82) is 0 Å². The van der Waals surface area contributed by atoms with Crippen LogP contribution in [-0.2, 0) is 9.16 Å². The number of aliphatic hydroxyl groups excluding tert-OH is 2. The maximum Gasteiger partial charge on any atom is 0.410 e. The molecule has 0 aliphatic carbocycles. The first-order chi connectivity index (χ1) is 11.7. The molecule has 0 fully saturated rings. The van der Waals surface area contributed by atoms with Crippen LogP contribution in [0.4, 0.5) is 4.79 Å². The van der Waals surface area contributed by atoms with Gasteiger partial charge in [-0.15, -0.1) is 0 Å². The third-order valence-corrected chi connectivity index (χ3v) is 9.59. The van der Waals surface area contributed by atoms with Crippen LogP contribution in [-0.4, -0.2) is 67.0 Å². The smallest absolute Gasteiger partial charge is 0.410 e. The molecule has 0 bridgehead atoms. The number of hydrogen-bond donors (Lipinski definition) is 2. The Balaban J connectivity index is 2.82. The fourth-order valence-corrected chi connectivity index (χ4v) is 3.61. The van der Waals surface area contributed by atoms with Crippen LogP contribution in [0, 0.1) is 0 Å². The summed E-state index contributed by atoms with van der Waals surface area (Å²) in [4.78, 5) is 13.9. The predicted molar refractivity (Wildman–Crippen MR) is 106 cm³/mol. The Morgan fingerprint density at radius 1 is 1.27 bits per heavy atom. The standard InChI is InChI=1S/C19H37NO5Si/c1-18(2,3)25-17(23)20-12-15(22)11-14(16(20)13-21)9-10-24-26(7,8)19(4,5)6/h11,15-16,21-22H,9-10,12-13H2,1-8H3/t15-,16+/m0/s1. The summed E-state index contributed by atoms with van der Waals surface area (Å²) >= 11 is 0. The van der Waals surface area contributed by atoms with Crippen LogP contribution in [0.15, 0.2) is 11.6 Å². The minimum atomic E-state index is -1.87. The number of hydrogen-bond acceptors (Lipinski definition) is 5. The highest BCUT2D eigenvalue weighted by Crippen LogP contribution is 2.37. The average molecular weight is 388 g/mol. The van der Waals surface area contributed by atoms with Crippen LogP contribution in [0.1, 0.15) is 48.0 Å². The van der Waals surface area contributed by atoms with Gasteiger partial charge in [0, 0.05) is 6.61 Å². The topological polar surface area (TPSA) is 79.2 Å². The minimum Gasteiger partial charge on any atom is -0.444 e. The number of carbonyl (C=O) groups is 1. The van der Waals surface area contributed by atoms with Crippen LogP contribution < -0.4 is 0 Å². The van der Waals surface area contributed by atoms with Crippen molar-refractivity contribution in [3.63, 3.8) is 0 Å². The van der Waals surface area contributed by atoms with Gasteiger partial charge in [-0.25, -0.2) is 4.79 Å². The van der Waals surface area contributed by atoms with Crippen molar-refractivity contribution in [3.8, 4) is 0 Å². The van der Waals surface area contributed by atoms with Crippen LogP contribution in [0.3, 0.4) is 0 Å². The summed E-state index contributed by atoms with van der Waals surface area (Å²) in [5.74, 6) is 0. The van der Waals surface area contributed by atoms with E-state index in [0.29, 0.717) is 13.0 Å². The third-order valence-electron chi connectivity index (χ3n) is 5.06. The molecule has 0 radical (unpaired) electrons. The molecule has 6 nitrogen and oxygen atoms in total. The maximum atomic E-state index is 12.5. The molecule has 1 rings (SSSR count). The van der Waals surface area contributed by atoms with Crippen molar-refractivity contribution in [2.75, 3.05) is 19.8 Å². The van der Waals surface area contributed by atoms with E-state index in [2.05, 4.69) is 33.9 Å². The van der Waals surface area contributed by atoms with Gasteiger partial charge in [-0.2, -0.15) is 0 Å². The van der Waals surface area contributed by atoms with Gasteiger partial charge in [-0.3, -0.25) is 4.90 Å². The Hall–Kier alpha value is -0.893. The molecule has 7 heteroatoms. The molecule has 0 unspecified atom stereocenters. The van der Waals surface area contributed by atoms with E-state index in [1.165, 1.54) is 4.90 Å². The summed E-state index contributed by atoms with van der Waals surface area (Å²) in [6.07, 6.45) is 1.00. The van der Waals surface area contributed by atoms with Crippen LogP contribution in [0.5, 0.6) is 0 Å². The first-order valence-corrected chi connectivity index (χ1v) is 12.2. The number of ether oxygens (including phenoxy) is 1. The molecule has 0 aromatic rings. The summed E-state index contributed by atoms with van der Waals surface area (Å²) in [7, 11) is -1.87. The highest BCUT2D eigenvalue weighted by molar-refractivity contribution is 6.74. The third kappa shape index (κ3) is 6.37. The molecular weight excluding hydrogens is 350 g/mol. The highest BCUT2D eigenvalue weighted by atomic mass is 28.4. The summed E-state index contributed by atoms with van der Waals surface area (Å²) in [6.45, 7) is 16.7. The maximum absolute atomic E-state index is 12.5. The lowest BCUT2D eigenvalue weighted by atomic mass is 9.97. The Kier molecular flexibility index (Phi) is 7.49. The van der Waals surface area contributed by atoms with Crippen LogP contribution in [0.25, 0.3) is 0 Å². The number of β-amino-alcohol motifs (C(OH)–C–C–N with tert-alkyl or cyclic N) is 1. The van der Waals surface area contributed by atoms with Gasteiger partial charge in [0.1, 0.15) is 5.60 Å². The number of amides is 1. The molecule has 2 N–H and O–H groups in total. The molecule has 0 saturated heterocycles. The van der Waals surface area contributed by atoms with Gasteiger partial charge < -0.3 is 19.4 Å². The van der Waals surface area contributed by atoms with Crippen molar-refractivity contribution < 1.29 is 24.2 Å². The summed E-state index contributed by atoms with van der Waals surface area (Å²) < 4.78 is 11.6. The fourth-order valence-electron chi connectivity index (χ4n) is 2.57. The average Bonchev–Trinajstić information content (AvgIpc) is 2.43. The zero-order chi connectivity index (χ0) is 20.3. The molecule has 2 atom stereocenters. The Morgan fingerprint density at radius 3 is 2.31 bits per heavy atom. The lowest BCUT2D eigenvalue weighted by Gasteiger charge is -2.39. The van der Waals surface area contributed by atoms with E-state index in [-0.39, 0.29) is 18.2 Å².